The highest BCUT2D eigenvalue weighted by Crippen LogP contribution is 2.31. The quantitative estimate of drug-likeness (QED) is 0.662. The molecule has 0 saturated heterocycles. The molecule has 0 aliphatic heterocycles. The number of carbonyl (C=O) groups excluding carboxylic acids is 1. The molecule has 0 aliphatic carbocycles. The van der Waals surface area contributed by atoms with Gasteiger partial charge in [-0.3, -0.25) is 4.79 Å². The van der Waals surface area contributed by atoms with Crippen molar-refractivity contribution in [2.45, 2.75) is 26.0 Å². The highest BCUT2D eigenvalue weighted by atomic mass is 35.5. The maximum absolute atomic E-state index is 12.2. The number of carboxylic acids is 1. The summed E-state index contributed by atoms with van der Waals surface area (Å²) < 4.78 is 5.42. The molecule has 2 N–H and O–H groups in total. The van der Waals surface area contributed by atoms with E-state index in [9.17, 15) is 9.59 Å². The van der Waals surface area contributed by atoms with Crippen molar-refractivity contribution in [3.63, 3.8) is 0 Å². The van der Waals surface area contributed by atoms with Gasteiger partial charge in [0.25, 0.3) is 5.91 Å². The van der Waals surface area contributed by atoms with Crippen LogP contribution in [0.15, 0.2) is 36.4 Å². The first-order valence-electron chi connectivity index (χ1n) is 7.54. The lowest BCUT2D eigenvalue weighted by atomic mass is 10.1. The van der Waals surface area contributed by atoms with Crippen molar-refractivity contribution in [2.75, 3.05) is 0 Å². The fourth-order valence-electron chi connectivity index (χ4n) is 1.98. The fraction of sp³-hybridized carbons (Fsp3) is 0.222. The SMILES string of the molecule is CC(C)(Oc1ccc(CNC(=O)c2cc(Cl)c(Cl)c(Cl)c2)cc1)C(=O)O. The molecule has 0 aromatic heterocycles. The lowest BCUT2D eigenvalue weighted by molar-refractivity contribution is -0.152. The second-order valence-corrected chi connectivity index (χ2v) is 7.19. The first kappa shape index (κ1) is 20.4. The molecule has 5 nitrogen and oxygen atoms in total. The summed E-state index contributed by atoms with van der Waals surface area (Å²) >= 11 is 17.7. The minimum atomic E-state index is -1.33. The summed E-state index contributed by atoms with van der Waals surface area (Å²) in [7, 11) is 0. The number of carbonyl (C=O) groups is 2. The first-order chi connectivity index (χ1) is 12.1. The zero-order valence-corrected chi connectivity index (χ0v) is 16.2. The number of hydrogen-bond acceptors (Lipinski definition) is 3. The Morgan fingerprint density at radius 1 is 1.08 bits per heavy atom. The average molecular weight is 417 g/mol. The highest BCUT2D eigenvalue weighted by Gasteiger charge is 2.29. The second-order valence-electron chi connectivity index (χ2n) is 6.00. The number of hydrogen-bond donors (Lipinski definition) is 2. The summed E-state index contributed by atoms with van der Waals surface area (Å²) in [5, 5.41) is 12.4. The fourth-order valence-corrected chi connectivity index (χ4v) is 2.58. The van der Waals surface area contributed by atoms with Gasteiger partial charge in [-0.05, 0) is 43.7 Å². The van der Waals surface area contributed by atoms with Crippen LogP contribution >= 0.6 is 34.8 Å². The van der Waals surface area contributed by atoms with E-state index in [1.165, 1.54) is 26.0 Å². The van der Waals surface area contributed by atoms with Gasteiger partial charge in [0.2, 0.25) is 0 Å². The standard InChI is InChI=1S/C18H16Cl3NO4/c1-18(2,17(24)25)26-12-5-3-10(4-6-12)9-22-16(23)11-7-13(19)15(21)14(20)8-11/h3-8H,9H2,1-2H3,(H,22,23)(H,24,25). The van der Waals surface area contributed by atoms with Crippen LogP contribution in [0.1, 0.15) is 29.8 Å². The zero-order chi connectivity index (χ0) is 19.5. The molecule has 2 aromatic rings. The Hall–Kier alpha value is -1.95. The predicted molar refractivity (Wildman–Crippen MR) is 101 cm³/mol. The second kappa shape index (κ2) is 8.16. The van der Waals surface area contributed by atoms with Gasteiger partial charge >= 0.3 is 5.97 Å². The Balaban J connectivity index is 2.00. The summed E-state index contributed by atoms with van der Waals surface area (Å²) in [6.45, 7) is 3.19. The van der Waals surface area contributed by atoms with Gasteiger partial charge in [-0.15, -0.1) is 0 Å². The summed E-state index contributed by atoms with van der Waals surface area (Å²) in [6, 6.07) is 9.63. The van der Waals surface area contributed by atoms with Crippen LogP contribution in [0.2, 0.25) is 15.1 Å². The maximum atomic E-state index is 12.2. The lowest BCUT2D eigenvalue weighted by Gasteiger charge is -2.21. The largest absolute Gasteiger partial charge is 0.478 e. The number of aliphatic carboxylic acids is 1. The smallest absolute Gasteiger partial charge is 0.347 e. The molecule has 0 unspecified atom stereocenters. The van der Waals surface area contributed by atoms with Crippen LogP contribution in [0, 0.1) is 0 Å². The van der Waals surface area contributed by atoms with Crippen LogP contribution in [0.4, 0.5) is 0 Å². The number of amides is 1. The van der Waals surface area contributed by atoms with Gasteiger partial charge in [-0.1, -0.05) is 46.9 Å². The molecule has 2 aromatic carbocycles. The van der Waals surface area contributed by atoms with Crippen molar-refractivity contribution in [3.8, 4) is 5.75 Å². The van der Waals surface area contributed by atoms with Gasteiger partial charge in [-0.2, -0.15) is 0 Å². The predicted octanol–water partition coefficient (Wildman–Crippen LogP) is 4.82. The van der Waals surface area contributed by atoms with Crippen LogP contribution in [-0.4, -0.2) is 22.6 Å². The maximum Gasteiger partial charge on any atom is 0.347 e. The summed E-state index contributed by atoms with van der Waals surface area (Å²) in [6.07, 6.45) is 0. The first-order valence-corrected chi connectivity index (χ1v) is 8.67. The van der Waals surface area contributed by atoms with Crippen LogP contribution in [0.3, 0.4) is 0 Å². The summed E-state index contributed by atoms with van der Waals surface area (Å²) in [4.78, 5) is 23.3. The molecular formula is C18H16Cl3NO4. The van der Waals surface area contributed by atoms with E-state index in [0.717, 1.165) is 5.56 Å². The molecule has 0 spiro atoms. The lowest BCUT2D eigenvalue weighted by Crippen LogP contribution is -2.37. The Kier molecular flexibility index (Phi) is 6.39. The molecule has 0 fully saturated rings. The third-order valence-electron chi connectivity index (χ3n) is 3.51. The molecule has 0 saturated carbocycles. The number of nitrogens with one attached hydrogen (secondary N) is 1. The van der Waals surface area contributed by atoms with Gasteiger partial charge in [0.15, 0.2) is 5.60 Å². The molecule has 0 atom stereocenters. The van der Waals surface area contributed by atoms with Crippen molar-refractivity contribution in [1.82, 2.24) is 5.32 Å². The number of halogens is 3. The van der Waals surface area contributed by atoms with Gasteiger partial charge < -0.3 is 15.2 Å². The van der Waals surface area contributed by atoms with E-state index in [1.807, 2.05) is 0 Å². The van der Waals surface area contributed by atoms with Crippen molar-refractivity contribution < 1.29 is 19.4 Å². The van der Waals surface area contributed by atoms with Gasteiger partial charge in [0.05, 0.1) is 15.1 Å². The van der Waals surface area contributed by atoms with E-state index < -0.39 is 11.6 Å². The van der Waals surface area contributed by atoms with Crippen LogP contribution in [-0.2, 0) is 11.3 Å². The third-order valence-corrected chi connectivity index (χ3v) is 4.71. The normalized spacial score (nSPS) is 11.1. The number of carboxylic acid groups (broad SMARTS) is 1. The van der Waals surface area contributed by atoms with Crippen molar-refractivity contribution in [2.24, 2.45) is 0 Å². The van der Waals surface area contributed by atoms with E-state index in [4.69, 9.17) is 44.6 Å². The van der Waals surface area contributed by atoms with Gasteiger partial charge in [0, 0.05) is 12.1 Å². The molecular weight excluding hydrogens is 401 g/mol. The van der Waals surface area contributed by atoms with E-state index in [0.29, 0.717) is 11.3 Å². The molecule has 0 heterocycles. The minimum absolute atomic E-state index is 0.199. The Morgan fingerprint density at radius 3 is 2.12 bits per heavy atom. The highest BCUT2D eigenvalue weighted by molar-refractivity contribution is 6.48. The molecule has 0 radical (unpaired) electrons. The molecule has 26 heavy (non-hydrogen) atoms. The van der Waals surface area contributed by atoms with Crippen LogP contribution in [0.25, 0.3) is 0 Å². The molecule has 0 bridgehead atoms. The average Bonchev–Trinajstić information content (AvgIpc) is 2.58. The van der Waals surface area contributed by atoms with Gasteiger partial charge in [-0.25, -0.2) is 4.79 Å². The van der Waals surface area contributed by atoms with Gasteiger partial charge in [0.1, 0.15) is 5.75 Å². The summed E-state index contributed by atoms with van der Waals surface area (Å²) in [5.74, 6) is -0.990. The molecule has 1 amide bonds. The Labute approximate surface area is 165 Å². The Bertz CT molecular complexity index is 812. The van der Waals surface area contributed by atoms with Crippen molar-refractivity contribution >= 4 is 46.7 Å². The molecule has 8 heteroatoms. The topological polar surface area (TPSA) is 75.6 Å². The van der Waals surface area contributed by atoms with Crippen molar-refractivity contribution in [1.29, 1.82) is 0 Å². The minimum Gasteiger partial charge on any atom is -0.478 e. The van der Waals surface area contributed by atoms with Crippen LogP contribution < -0.4 is 10.1 Å². The number of benzene rings is 2. The van der Waals surface area contributed by atoms with Crippen LogP contribution in [0.5, 0.6) is 5.75 Å². The molecule has 2 rings (SSSR count). The monoisotopic (exact) mass is 415 g/mol. The summed E-state index contributed by atoms with van der Waals surface area (Å²) in [5.41, 5.74) is -0.222. The number of rotatable bonds is 6. The Morgan fingerprint density at radius 2 is 1.62 bits per heavy atom. The third kappa shape index (κ3) is 5.04. The van der Waals surface area contributed by atoms with E-state index in [-0.39, 0.29) is 27.5 Å². The molecule has 138 valence electrons. The number of ether oxygens (including phenoxy) is 1. The van der Waals surface area contributed by atoms with E-state index in [2.05, 4.69) is 5.32 Å². The molecule has 0 aliphatic rings. The zero-order valence-electron chi connectivity index (χ0n) is 14.0. The van der Waals surface area contributed by atoms with E-state index in [1.54, 1.807) is 24.3 Å². The van der Waals surface area contributed by atoms with Crippen molar-refractivity contribution in [3.05, 3.63) is 62.6 Å². The van der Waals surface area contributed by atoms with E-state index >= 15 is 0 Å².